The van der Waals surface area contributed by atoms with Gasteiger partial charge >= 0.3 is 0 Å². The molecule has 0 saturated heterocycles. The Balaban J connectivity index is 2.07. The fourth-order valence-corrected chi connectivity index (χ4v) is 4.25. The first-order valence-corrected chi connectivity index (χ1v) is 8.35. The second-order valence-corrected chi connectivity index (χ2v) is 7.24. The third-order valence-corrected chi connectivity index (χ3v) is 5.03. The average molecular weight is 354 g/mol. The summed E-state index contributed by atoms with van der Waals surface area (Å²) in [7, 11) is 0. The molecule has 19 heavy (non-hydrogen) atoms. The maximum Gasteiger partial charge on any atom is 0.138 e. The topological polar surface area (TPSA) is 38.7 Å². The Morgan fingerprint density at radius 3 is 2.79 bits per heavy atom. The molecule has 3 heterocycles. The zero-order chi connectivity index (χ0) is 13.4. The summed E-state index contributed by atoms with van der Waals surface area (Å²) in [5.41, 5.74) is 2.86. The zero-order valence-corrected chi connectivity index (χ0v) is 13.8. The SMILES string of the molecule is CC(C)Cc1ccc(-c2cnc(Br)c3nsnc23)s1. The number of aromatic nitrogens is 3. The standard InChI is InChI=1S/C13H12BrN3S2/c1-7(2)5-8-3-4-10(18-8)9-6-15-13(14)12-11(9)16-19-17-12/h3-4,6-7H,5H2,1-2H3. The van der Waals surface area contributed by atoms with Crippen molar-refractivity contribution in [1.29, 1.82) is 0 Å². The fraction of sp³-hybridized carbons (Fsp3) is 0.308. The molecule has 3 aromatic heterocycles. The predicted molar refractivity (Wildman–Crippen MR) is 84.8 cm³/mol. The van der Waals surface area contributed by atoms with E-state index >= 15 is 0 Å². The van der Waals surface area contributed by atoms with Crippen LogP contribution >= 0.6 is 39.0 Å². The summed E-state index contributed by atoms with van der Waals surface area (Å²) >= 11 is 6.47. The summed E-state index contributed by atoms with van der Waals surface area (Å²) < 4.78 is 9.44. The number of halogens is 1. The highest BCUT2D eigenvalue weighted by molar-refractivity contribution is 9.10. The van der Waals surface area contributed by atoms with Gasteiger partial charge in [-0.2, -0.15) is 8.75 Å². The Hall–Kier alpha value is -0.850. The third kappa shape index (κ3) is 2.57. The van der Waals surface area contributed by atoms with Crippen molar-refractivity contribution in [2.45, 2.75) is 20.3 Å². The molecule has 3 rings (SSSR count). The van der Waals surface area contributed by atoms with Crippen molar-refractivity contribution < 1.29 is 0 Å². The Morgan fingerprint density at radius 1 is 1.21 bits per heavy atom. The van der Waals surface area contributed by atoms with Crippen molar-refractivity contribution in [2.24, 2.45) is 5.92 Å². The molecule has 0 aliphatic rings. The normalized spacial score (nSPS) is 11.6. The number of pyridine rings is 1. The monoisotopic (exact) mass is 353 g/mol. The molecule has 0 radical (unpaired) electrons. The molecule has 0 atom stereocenters. The molecule has 98 valence electrons. The van der Waals surface area contributed by atoms with Gasteiger partial charge in [-0.1, -0.05) is 13.8 Å². The minimum atomic E-state index is 0.676. The number of nitrogens with zero attached hydrogens (tertiary/aromatic N) is 3. The van der Waals surface area contributed by atoms with E-state index in [4.69, 9.17) is 0 Å². The van der Waals surface area contributed by atoms with Crippen LogP contribution in [0.15, 0.2) is 22.9 Å². The number of rotatable bonds is 3. The first kappa shape index (κ1) is 13.1. The van der Waals surface area contributed by atoms with E-state index in [1.54, 1.807) is 0 Å². The summed E-state index contributed by atoms with van der Waals surface area (Å²) in [5, 5.41) is 0. The minimum absolute atomic E-state index is 0.676. The van der Waals surface area contributed by atoms with Gasteiger partial charge in [0.2, 0.25) is 0 Å². The third-order valence-electron chi connectivity index (χ3n) is 2.78. The van der Waals surface area contributed by atoms with E-state index in [1.165, 1.54) is 21.5 Å². The molecule has 3 aromatic rings. The van der Waals surface area contributed by atoms with Gasteiger partial charge in [0.25, 0.3) is 0 Å². The van der Waals surface area contributed by atoms with Crippen molar-refractivity contribution in [3.05, 3.63) is 27.8 Å². The van der Waals surface area contributed by atoms with Gasteiger partial charge in [-0.15, -0.1) is 11.3 Å². The lowest BCUT2D eigenvalue weighted by atomic mass is 10.1. The zero-order valence-electron chi connectivity index (χ0n) is 10.6. The number of hydrogen-bond donors (Lipinski definition) is 0. The summed E-state index contributed by atoms with van der Waals surface area (Å²) in [5.74, 6) is 0.676. The summed E-state index contributed by atoms with van der Waals surface area (Å²) in [6.07, 6.45) is 2.99. The van der Waals surface area contributed by atoms with Crippen molar-refractivity contribution in [2.75, 3.05) is 0 Å². The molecule has 6 heteroatoms. The molecule has 0 saturated carbocycles. The van der Waals surface area contributed by atoms with Crippen LogP contribution < -0.4 is 0 Å². The highest BCUT2D eigenvalue weighted by Crippen LogP contribution is 2.35. The molecule has 0 fully saturated rings. The molecule has 0 N–H and O–H groups in total. The van der Waals surface area contributed by atoms with Gasteiger partial charge in [0.15, 0.2) is 0 Å². The van der Waals surface area contributed by atoms with E-state index in [2.05, 4.69) is 55.6 Å². The first-order chi connectivity index (χ1) is 9.15. The van der Waals surface area contributed by atoms with Crippen LogP contribution in [-0.2, 0) is 6.42 Å². The lowest BCUT2D eigenvalue weighted by molar-refractivity contribution is 0.654. The van der Waals surface area contributed by atoms with Crippen molar-refractivity contribution in [3.63, 3.8) is 0 Å². The average Bonchev–Trinajstić information content (AvgIpc) is 2.98. The second kappa shape index (κ2) is 5.26. The summed E-state index contributed by atoms with van der Waals surface area (Å²) in [6, 6.07) is 4.36. The van der Waals surface area contributed by atoms with Crippen LogP contribution in [0.3, 0.4) is 0 Å². The van der Waals surface area contributed by atoms with Crippen LogP contribution in [0, 0.1) is 5.92 Å². The van der Waals surface area contributed by atoms with Crippen LogP contribution in [-0.4, -0.2) is 13.7 Å². The lowest BCUT2D eigenvalue weighted by Gasteiger charge is -2.01. The molecule has 0 aliphatic heterocycles. The molecule has 0 unspecified atom stereocenters. The van der Waals surface area contributed by atoms with Crippen molar-refractivity contribution in [1.82, 2.24) is 13.7 Å². The number of thiophene rings is 1. The molecule has 3 nitrogen and oxygen atoms in total. The van der Waals surface area contributed by atoms with Crippen LogP contribution in [0.2, 0.25) is 0 Å². The molecule has 0 aromatic carbocycles. The maximum absolute atomic E-state index is 4.39. The second-order valence-electron chi connectivity index (χ2n) is 4.79. The van der Waals surface area contributed by atoms with E-state index in [9.17, 15) is 0 Å². The van der Waals surface area contributed by atoms with Crippen LogP contribution in [0.4, 0.5) is 0 Å². The minimum Gasteiger partial charge on any atom is -0.246 e. The number of fused-ring (bicyclic) bond motifs is 1. The predicted octanol–water partition coefficient (Wildman–Crippen LogP) is 4.78. The molecule has 0 bridgehead atoms. The molecule has 0 spiro atoms. The van der Waals surface area contributed by atoms with E-state index in [-0.39, 0.29) is 0 Å². The van der Waals surface area contributed by atoms with Gasteiger partial charge in [-0.3, -0.25) is 0 Å². The first-order valence-electron chi connectivity index (χ1n) is 6.01. The van der Waals surface area contributed by atoms with E-state index in [0.717, 1.165) is 27.6 Å². The van der Waals surface area contributed by atoms with Gasteiger partial charge < -0.3 is 0 Å². The fourth-order valence-electron chi connectivity index (χ4n) is 1.96. The van der Waals surface area contributed by atoms with Gasteiger partial charge in [-0.05, 0) is 40.4 Å². The van der Waals surface area contributed by atoms with Crippen molar-refractivity contribution in [3.8, 4) is 10.4 Å². The Bertz CT molecular complexity index is 718. The molecule has 0 amide bonds. The van der Waals surface area contributed by atoms with Crippen LogP contribution in [0.5, 0.6) is 0 Å². The highest BCUT2D eigenvalue weighted by Gasteiger charge is 2.13. The van der Waals surface area contributed by atoms with Gasteiger partial charge in [0, 0.05) is 21.5 Å². The van der Waals surface area contributed by atoms with Gasteiger partial charge in [0.1, 0.15) is 15.6 Å². The largest absolute Gasteiger partial charge is 0.246 e. The van der Waals surface area contributed by atoms with Crippen molar-refractivity contribution >= 4 is 50.0 Å². The smallest absolute Gasteiger partial charge is 0.138 e. The van der Waals surface area contributed by atoms with Crippen LogP contribution in [0.25, 0.3) is 21.5 Å². The molecule has 0 aliphatic carbocycles. The quantitative estimate of drug-likeness (QED) is 0.636. The maximum atomic E-state index is 4.39. The van der Waals surface area contributed by atoms with Gasteiger partial charge in [0.05, 0.1) is 11.7 Å². The highest BCUT2D eigenvalue weighted by atomic mass is 79.9. The Labute approximate surface area is 128 Å². The lowest BCUT2D eigenvalue weighted by Crippen LogP contribution is -1.89. The Morgan fingerprint density at radius 2 is 2.00 bits per heavy atom. The summed E-state index contributed by atoms with van der Waals surface area (Å²) in [6.45, 7) is 4.48. The molecular weight excluding hydrogens is 342 g/mol. The molecular formula is C13H12BrN3S2. The van der Waals surface area contributed by atoms with E-state index in [1.807, 2.05) is 17.5 Å². The number of hydrogen-bond acceptors (Lipinski definition) is 5. The van der Waals surface area contributed by atoms with E-state index in [0.29, 0.717) is 5.92 Å². The Kier molecular flexibility index (Phi) is 3.64. The van der Waals surface area contributed by atoms with Crippen LogP contribution in [0.1, 0.15) is 18.7 Å². The van der Waals surface area contributed by atoms with Gasteiger partial charge in [-0.25, -0.2) is 4.98 Å². The van der Waals surface area contributed by atoms with E-state index < -0.39 is 0 Å². The summed E-state index contributed by atoms with van der Waals surface area (Å²) in [4.78, 5) is 6.98.